The molecular weight excluding hydrogens is 552 g/mol. The Bertz CT molecular complexity index is 1800. The maximum atomic E-state index is 13.9. The fourth-order valence-corrected chi connectivity index (χ4v) is 5.60. The summed E-state index contributed by atoms with van der Waals surface area (Å²) in [5.41, 5.74) is 2.28. The number of aromatic nitrogens is 1. The molecule has 41 heavy (non-hydrogen) atoms. The molecule has 0 fully saturated rings. The molecule has 11 heteroatoms. The van der Waals surface area contributed by atoms with Crippen LogP contribution in [0.3, 0.4) is 0 Å². The number of allylic oxidation sites excluding steroid dienone is 1. The first-order chi connectivity index (χ1) is 19.8. The predicted octanol–water partition coefficient (Wildman–Crippen LogP) is 4.49. The van der Waals surface area contributed by atoms with Gasteiger partial charge in [-0.2, -0.15) is 8.78 Å². The van der Waals surface area contributed by atoms with Crippen LogP contribution in [0.5, 0.6) is 17.2 Å². The van der Waals surface area contributed by atoms with Crippen molar-refractivity contribution in [1.82, 2.24) is 4.57 Å². The van der Waals surface area contributed by atoms with Crippen molar-refractivity contribution in [3.8, 4) is 17.2 Å². The molecule has 3 aromatic carbocycles. The Balaban J connectivity index is 1.63. The summed E-state index contributed by atoms with van der Waals surface area (Å²) in [5.74, 6) is 0.223. The van der Waals surface area contributed by atoms with Gasteiger partial charge in [0.25, 0.3) is 11.5 Å². The number of carbonyl (C=O) groups is 1. The third kappa shape index (κ3) is 5.75. The largest absolute Gasteiger partial charge is 0.497 e. The first-order valence-corrected chi connectivity index (χ1v) is 13.3. The van der Waals surface area contributed by atoms with Gasteiger partial charge >= 0.3 is 6.61 Å². The maximum absolute atomic E-state index is 13.9. The molecule has 1 aliphatic rings. The molecule has 1 amide bonds. The van der Waals surface area contributed by atoms with E-state index in [1.807, 2.05) is 30.3 Å². The Labute approximate surface area is 237 Å². The van der Waals surface area contributed by atoms with Crippen LogP contribution in [0.25, 0.3) is 6.08 Å². The van der Waals surface area contributed by atoms with Crippen LogP contribution in [0, 0.1) is 0 Å². The third-order valence-corrected chi connectivity index (χ3v) is 7.41. The second-order valence-electron chi connectivity index (χ2n) is 8.96. The summed E-state index contributed by atoms with van der Waals surface area (Å²) < 4.78 is 42.3. The minimum atomic E-state index is -3.01. The Morgan fingerprint density at radius 1 is 1.02 bits per heavy atom. The number of thiazole rings is 1. The minimum absolute atomic E-state index is 0.0960. The van der Waals surface area contributed by atoms with E-state index in [1.165, 1.54) is 23.8 Å². The number of ether oxygens (including phenoxy) is 3. The number of alkyl halides is 2. The number of hydrogen-bond acceptors (Lipinski definition) is 7. The van der Waals surface area contributed by atoms with Crippen LogP contribution in [0.2, 0.25) is 0 Å². The van der Waals surface area contributed by atoms with Gasteiger partial charge in [-0.3, -0.25) is 14.2 Å². The molecule has 0 saturated carbocycles. The lowest BCUT2D eigenvalue weighted by Crippen LogP contribution is -2.40. The first-order valence-electron chi connectivity index (χ1n) is 12.4. The fourth-order valence-electron chi connectivity index (χ4n) is 4.55. The predicted molar refractivity (Wildman–Crippen MR) is 151 cm³/mol. The van der Waals surface area contributed by atoms with E-state index in [2.05, 4.69) is 15.0 Å². The van der Waals surface area contributed by atoms with Gasteiger partial charge in [0.2, 0.25) is 0 Å². The number of nitrogens with zero attached hydrogens (tertiary/aromatic N) is 2. The van der Waals surface area contributed by atoms with Gasteiger partial charge in [-0.25, -0.2) is 4.99 Å². The highest BCUT2D eigenvalue weighted by molar-refractivity contribution is 7.07. The summed E-state index contributed by atoms with van der Waals surface area (Å²) >= 11 is 1.16. The van der Waals surface area contributed by atoms with Crippen molar-refractivity contribution >= 4 is 29.0 Å². The zero-order valence-corrected chi connectivity index (χ0v) is 23.1. The van der Waals surface area contributed by atoms with E-state index in [9.17, 15) is 18.4 Å². The van der Waals surface area contributed by atoms with Crippen molar-refractivity contribution in [3.63, 3.8) is 0 Å². The summed E-state index contributed by atoms with van der Waals surface area (Å²) in [6, 6.07) is 19.8. The molecule has 0 bridgehead atoms. The van der Waals surface area contributed by atoms with Gasteiger partial charge in [0, 0.05) is 5.69 Å². The van der Waals surface area contributed by atoms with Crippen molar-refractivity contribution in [2.75, 3.05) is 19.5 Å². The zero-order chi connectivity index (χ0) is 29.1. The molecule has 1 atom stereocenters. The summed E-state index contributed by atoms with van der Waals surface area (Å²) in [6.45, 7) is -1.27. The number of anilines is 1. The molecule has 1 aliphatic heterocycles. The van der Waals surface area contributed by atoms with Crippen molar-refractivity contribution in [2.45, 2.75) is 19.6 Å². The number of para-hydroxylation sites is 1. The monoisotopic (exact) mass is 577 g/mol. The lowest BCUT2D eigenvalue weighted by Gasteiger charge is -2.25. The van der Waals surface area contributed by atoms with Crippen LogP contribution < -0.4 is 34.4 Å². The van der Waals surface area contributed by atoms with Crippen molar-refractivity contribution in [2.24, 2.45) is 4.99 Å². The Hall–Kier alpha value is -4.77. The molecule has 0 unspecified atom stereocenters. The standard InChI is InChI=1S/C30H25F2N3O5S/c1-17-25(27(36)34-20-7-5-4-6-8-20)26(19-10-12-21(38-2)13-11-19)35-28(37)24(41-30(35)33-17)16-18-9-14-22(40-29(31)32)23(15-18)39-3/h4-16,26,29H,1-3H3,(H,34,36)/b24-16+/t26-/m0/s1. The molecule has 1 aromatic heterocycles. The normalized spacial score (nSPS) is 14.9. The van der Waals surface area contributed by atoms with Crippen LogP contribution in [0.4, 0.5) is 14.5 Å². The number of fused-ring (bicyclic) bond motifs is 1. The molecule has 0 radical (unpaired) electrons. The SMILES string of the molecule is COc1ccc([C@H]2C(C(=O)Nc3ccccc3)=C(C)N=c3s/c(=C/c4ccc(OC(F)F)c(OC)c4)c(=O)n32)cc1. The summed E-state index contributed by atoms with van der Waals surface area (Å²) in [7, 11) is 2.90. The highest BCUT2D eigenvalue weighted by atomic mass is 32.1. The Morgan fingerprint density at radius 3 is 2.41 bits per heavy atom. The highest BCUT2D eigenvalue weighted by Crippen LogP contribution is 2.32. The van der Waals surface area contributed by atoms with E-state index in [-0.39, 0.29) is 23.0 Å². The molecule has 8 nitrogen and oxygen atoms in total. The first kappa shape index (κ1) is 27.8. The number of methoxy groups -OCH3 is 2. The topological polar surface area (TPSA) is 91.2 Å². The number of nitrogens with one attached hydrogen (secondary N) is 1. The minimum Gasteiger partial charge on any atom is -0.497 e. The van der Waals surface area contributed by atoms with E-state index < -0.39 is 12.7 Å². The Morgan fingerprint density at radius 2 is 1.76 bits per heavy atom. The van der Waals surface area contributed by atoms with Crippen LogP contribution in [0.15, 0.2) is 93.9 Å². The van der Waals surface area contributed by atoms with E-state index in [1.54, 1.807) is 50.4 Å². The van der Waals surface area contributed by atoms with Gasteiger partial charge in [-0.15, -0.1) is 0 Å². The zero-order valence-electron chi connectivity index (χ0n) is 22.3. The quantitative estimate of drug-likeness (QED) is 0.333. The fraction of sp³-hybridized carbons (Fsp3) is 0.167. The van der Waals surface area contributed by atoms with Crippen LogP contribution in [-0.2, 0) is 4.79 Å². The summed E-state index contributed by atoms with van der Waals surface area (Å²) in [6.07, 6.45) is 1.62. The van der Waals surface area contributed by atoms with Crippen molar-refractivity contribution in [1.29, 1.82) is 0 Å². The number of hydrogen-bond donors (Lipinski definition) is 1. The van der Waals surface area contributed by atoms with Crippen LogP contribution >= 0.6 is 11.3 Å². The molecule has 5 rings (SSSR count). The lowest BCUT2D eigenvalue weighted by molar-refractivity contribution is -0.113. The summed E-state index contributed by atoms with van der Waals surface area (Å²) in [4.78, 5) is 32.6. The number of benzene rings is 3. The smallest absolute Gasteiger partial charge is 0.387 e. The van der Waals surface area contributed by atoms with E-state index in [0.717, 1.165) is 11.3 Å². The molecule has 0 spiro atoms. The second-order valence-corrected chi connectivity index (χ2v) is 9.97. The molecule has 1 N–H and O–H groups in total. The molecular formula is C30H25F2N3O5S. The second kappa shape index (κ2) is 11.8. The van der Waals surface area contributed by atoms with Gasteiger partial charge in [0.05, 0.1) is 36.1 Å². The number of halogens is 2. The van der Waals surface area contributed by atoms with E-state index in [4.69, 9.17) is 9.47 Å². The van der Waals surface area contributed by atoms with Gasteiger partial charge in [-0.05, 0) is 60.5 Å². The average Bonchev–Trinajstić information content (AvgIpc) is 3.27. The van der Waals surface area contributed by atoms with Gasteiger partial charge in [0.15, 0.2) is 16.3 Å². The number of rotatable bonds is 8. The molecule has 4 aromatic rings. The Kier molecular flexibility index (Phi) is 7.97. The van der Waals surface area contributed by atoms with E-state index in [0.29, 0.717) is 43.2 Å². The average molecular weight is 578 g/mol. The molecule has 0 aliphatic carbocycles. The number of amides is 1. The van der Waals surface area contributed by atoms with Crippen LogP contribution in [0.1, 0.15) is 24.1 Å². The van der Waals surface area contributed by atoms with Crippen molar-refractivity contribution < 1.29 is 27.8 Å². The van der Waals surface area contributed by atoms with Gasteiger partial charge in [0.1, 0.15) is 5.75 Å². The number of carbonyl (C=O) groups excluding carboxylic acids is 1. The van der Waals surface area contributed by atoms with Crippen LogP contribution in [-0.4, -0.2) is 31.3 Å². The molecule has 2 heterocycles. The third-order valence-electron chi connectivity index (χ3n) is 6.43. The van der Waals surface area contributed by atoms with E-state index >= 15 is 0 Å². The maximum Gasteiger partial charge on any atom is 0.387 e. The molecule has 0 saturated heterocycles. The van der Waals surface area contributed by atoms with Gasteiger partial charge in [-0.1, -0.05) is 47.7 Å². The molecule has 210 valence electrons. The summed E-state index contributed by atoms with van der Waals surface area (Å²) in [5, 5.41) is 2.91. The van der Waals surface area contributed by atoms with Gasteiger partial charge < -0.3 is 19.5 Å². The lowest BCUT2D eigenvalue weighted by atomic mass is 9.95. The highest BCUT2D eigenvalue weighted by Gasteiger charge is 2.32. The van der Waals surface area contributed by atoms with Crippen molar-refractivity contribution in [3.05, 3.63) is 115 Å².